The van der Waals surface area contributed by atoms with Crippen molar-refractivity contribution in [2.75, 3.05) is 24.8 Å². The Morgan fingerprint density at radius 3 is 2.44 bits per heavy atom. The number of nitrogens with zero attached hydrogens (tertiary/aromatic N) is 3. The van der Waals surface area contributed by atoms with Gasteiger partial charge in [-0.2, -0.15) is 18.2 Å². The summed E-state index contributed by atoms with van der Waals surface area (Å²) in [6.07, 6.45) is -2.26. The number of hydrogen-bond donors (Lipinski definition) is 5. The van der Waals surface area contributed by atoms with Crippen molar-refractivity contribution in [3.05, 3.63) is 64.3 Å². The van der Waals surface area contributed by atoms with Gasteiger partial charge in [-0.1, -0.05) is 12.1 Å². The third kappa shape index (κ3) is 6.77. The number of halogens is 3. The van der Waals surface area contributed by atoms with E-state index in [1.807, 2.05) is 6.07 Å². The fourth-order valence-corrected chi connectivity index (χ4v) is 6.29. The van der Waals surface area contributed by atoms with Crippen molar-refractivity contribution in [2.24, 2.45) is 0 Å². The number of ether oxygens (including phenoxy) is 1. The molecule has 1 aromatic heterocycles. The highest BCUT2D eigenvalue weighted by atomic mass is 31.2. The largest absolute Gasteiger partial charge is 0.495 e. The smallest absolute Gasteiger partial charge is 0.421 e. The first kappa shape index (κ1) is 30.7. The van der Waals surface area contributed by atoms with Gasteiger partial charge in [0.1, 0.15) is 17.1 Å². The van der Waals surface area contributed by atoms with E-state index in [1.165, 1.54) is 30.2 Å². The average molecular weight is 622 g/mol. The van der Waals surface area contributed by atoms with Gasteiger partial charge in [0.15, 0.2) is 0 Å². The van der Waals surface area contributed by atoms with Gasteiger partial charge >= 0.3 is 13.8 Å². The number of rotatable bonds is 8. The zero-order chi connectivity index (χ0) is 31.1. The van der Waals surface area contributed by atoms with Gasteiger partial charge in [-0.15, -0.1) is 0 Å². The summed E-state index contributed by atoms with van der Waals surface area (Å²) in [6.45, 7) is 0.318. The lowest BCUT2D eigenvalue weighted by molar-refractivity contribution is -0.137. The molecule has 0 radical (unpaired) electrons. The second kappa shape index (κ2) is 11.8. The number of hydrogen-bond acceptors (Lipinski definition) is 8. The number of methoxy groups -OCH3 is 1. The normalized spacial score (nSPS) is 18.9. The highest BCUT2D eigenvalue weighted by Gasteiger charge is 2.37. The van der Waals surface area contributed by atoms with Gasteiger partial charge in [-0.3, -0.25) is 9.36 Å². The molecule has 1 aliphatic carbocycles. The number of alkyl halides is 3. The second-order valence-corrected chi connectivity index (χ2v) is 12.4. The molecule has 5 N–H and O–H groups in total. The maximum absolute atomic E-state index is 14.0. The van der Waals surface area contributed by atoms with Gasteiger partial charge in [0.2, 0.25) is 5.95 Å². The molecule has 1 amide bonds. The van der Waals surface area contributed by atoms with Crippen molar-refractivity contribution in [3.8, 4) is 5.75 Å². The van der Waals surface area contributed by atoms with Gasteiger partial charge in [0.05, 0.1) is 36.3 Å². The average Bonchev–Trinajstić information content (AvgIpc) is 3.23. The maximum atomic E-state index is 14.0. The molecule has 43 heavy (non-hydrogen) atoms. The Balaban J connectivity index is 1.50. The first-order valence-electron chi connectivity index (χ1n) is 13.5. The molecule has 2 aromatic carbocycles. The van der Waals surface area contributed by atoms with E-state index in [4.69, 9.17) is 4.74 Å². The van der Waals surface area contributed by atoms with Gasteiger partial charge in [0, 0.05) is 19.8 Å². The maximum Gasteiger partial charge on any atom is 0.421 e. The monoisotopic (exact) mass is 621 g/mol. The summed E-state index contributed by atoms with van der Waals surface area (Å²) in [5.74, 6) is -0.805. The molecule has 0 saturated heterocycles. The molecule has 5 rings (SSSR count). The van der Waals surface area contributed by atoms with Crippen molar-refractivity contribution >= 4 is 36.6 Å². The van der Waals surface area contributed by atoms with Gasteiger partial charge in [-0.05, 0) is 66.5 Å². The number of fused-ring (bicyclic) bond motifs is 1. The fourth-order valence-electron chi connectivity index (χ4n) is 5.62. The predicted molar refractivity (Wildman–Crippen MR) is 152 cm³/mol. The minimum Gasteiger partial charge on any atom is -0.495 e. The zero-order valence-corrected chi connectivity index (χ0v) is 24.2. The minimum atomic E-state index is -4.81. The lowest BCUT2D eigenvalue weighted by atomic mass is 9.80. The predicted octanol–water partition coefficient (Wildman–Crippen LogP) is 5.27. The number of aliphatic hydroxyl groups is 1. The quantitative estimate of drug-likeness (QED) is 0.210. The third-order valence-electron chi connectivity index (χ3n) is 7.69. The van der Waals surface area contributed by atoms with E-state index in [9.17, 15) is 37.4 Å². The number of aromatic nitrogens is 2. The minimum absolute atomic E-state index is 0.133. The SMILES string of the molecule is COc1cc(CP(=O)(O)O)ccc1Nc1ncc(C(F)(F)F)c(Nc2ccc([C@H]3CC[C@H](O)CC3)c3c2C(=O)N(C)C3)n1. The highest BCUT2D eigenvalue weighted by Crippen LogP contribution is 2.43. The molecule has 0 bridgehead atoms. The molecule has 0 atom stereocenters. The lowest BCUT2D eigenvalue weighted by Gasteiger charge is -2.27. The van der Waals surface area contributed by atoms with Crippen LogP contribution in [0.15, 0.2) is 36.5 Å². The van der Waals surface area contributed by atoms with Crippen LogP contribution >= 0.6 is 7.60 Å². The van der Waals surface area contributed by atoms with Gasteiger partial charge < -0.3 is 35.2 Å². The number of amides is 1. The summed E-state index contributed by atoms with van der Waals surface area (Å²) in [6, 6.07) is 7.70. The Morgan fingerprint density at radius 2 is 1.79 bits per heavy atom. The van der Waals surface area contributed by atoms with Crippen LogP contribution in [0.1, 0.15) is 64.2 Å². The van der Waals surface area contributed by atoms with Crippen LogP contribution in [0, 0.1) is 0 Å². The molecular formula is C28H31F3N5O6P. The van der Waals surface area contributed by atoms with Gasteiger partial charge in [-0.25, -0.2) is 4.98 Å². The van der Waals surface area contributed by atoms with Crippen LogP contribution in [0.25, 0.3) is 0 Å². The second-order valence-electron chi connectivity index (χ2n) is 10.8. The van der Waals surface area contributed by atoms with Crippen LogP contribution < -0.4 is 15.4 Å². The Kier molecular flexibility index (Phi) is 8.41. The lowest BCUT2D eigenvalue weighted by Crippen LogP contribution is -2.18. The van der Waals surface area contributed by atoms with Crippen LogP contribution in [0.5, 0.6) is 5.75 Å². The first-order valence-corrected chi connectivity index (χ1v) is 15.3. The van der Waals surface area contributed by atoms with Gasteiger partial charge in [0.25, 0.3) is 5.91 Å². The van der Waals surface area contributed by atoms with E-state index in [1.54, 1.807) is 13.1 Å². The number of carbonyl (C=O) groups excluding carboxylic acids is 1. The van der Waals surface area contributed by atoms with Crippen molar-refractivity contribution < 1.29 is 42.2 Å². The first-order chi connectivity index (χ1) is 20.2. The Hall–Kier alpha value is -3.71. The van der Waals surface area contributed by atoms with E-state index >= 15 is 0 Å². The van der Waals surface area contributed by atoms with Crippen LogP contribution in [0.4, 0.5) is 36.3 Å². The van der Waals surface area contributed by atoms with E-state index < -0.39 is 31.3 Å². The standard InChI is InChI=1S/C28H31F3N5O6P/c1-36-13-19-18(16-4-6-17(37)7-5-16)8-10-22(24(19)26(36)38)33-25-20(28(29,30)31)12-32-27(35-25)34-21-9-3-15(11-23(21)42-2)14-43(39,40)41/h3,8-12,16-17,37H,4-7,13-14H2,1-2H3,(H2,39,40,41)(H2,32,33,34,35)/t16-,17-. The molecule has 230 valence electrons. The fraction of sp³-hybridized carbons (Fsp3) is 0.393. The molecule has 2 aliphatic rings. The van der Waals surface area contributed by atoms with Crippen molar-refractivity contribution in [1.29, 1.82) is 0 Å². The molecular weight excluding hydrogens is 590 g/mol. The Morgan fingerprint density at radius 1 is 1.09 bits per heavy atom. The van der Waals surface area contributed by atoms with Crippen LogP contribution in [-0.4, -0.2) is 55.9 Å². The number of nitrogens with one attached hydrogen (secondary N) is 2. The number of benzene rings is 2. The summed E-state index contributed by atoms with van der Waals surface area (Å²) >= 11 is 0. The summed E-state index contributed by atoms with van der Waals surface area (Å²) in [4.78, 5) is 41.1. The number of anilines is 4. The molecule has 11 nitrogen and oxygen atoms in total. The topological polar surface area (TPSA) is 157 Å². The summed E-state index contributed by atoms with van der Waals surface area (Å²) < 4.78 is 58.8. The summed E-state index contributed by atoms with van der Waals surface area (Å²) in [5, 5.41) is 15.5. The van der Waals surface area contributed by atoms with E-state index in [2.05, 4.69) is 20.6 Å². The van der Waals surface area contributed by atoms with Crippen LogP contribution in [0.3, 0.4) is 0 Å². The third-order valence-corrected chi connectivity index (χ3v) is 8.47. The van der Waals surface area contributed by atoms with Crippen molar-refractivity contribution in [3.63, 3.8) is 0 Å². The van der Waals surface area contributed by atoms with E-state index in [0.29, 0.717) is 31.1 Å². The molecule has 2 heterocycles. The zero-order valence-electron chi connectivity index (χ0n) is 23.4. The molecule has 15 heteroatoms. The van der Waals surface area contributed by atoms with E-state index in [-0.39, 0.29) is 46.6 Å². The Labute approximate surface area is 245 Å². The van der Waals surface area contributed by atoms with Crippen molar-refractivity contribution in [1.82, 2.24) is 14.9 Å². The number of aliphatic hydroxyl groups excluding tert-OH is 1. The number of carbonyl (C=O) groups is 1. The molecule has 0 spiro atoms. The summed E-state index contributed by atoms with van der Waals surface area (Å²) in [7, 11) is -1.38. The summed E-state index contributed by atoms with van der Waals surface area (Å²) in [5.41, 5.74) is 1.58. The van der Waals surface area contributed by atoms with Crippen LogP contribution in [0.2, 0.25) is 0 Å². The molecule has 1 saturated carbocycles. The highest BCUT2D eigenvalue weighted by molar-refractivity contribution is 7.50. The Bertz CT molecular complexity index is 1590. The van der Waals surface area contributed by atoms with Crippen LogP contribution in [-0.2, 0) is 23.4 Å². The van der Waals surface area contributed by atoms with Crippen molar-refractivity contribution in [2.45, 2.75) is 56.6 Å². The molecule has 3 aromatic rings. The molecule has 1 fully saturated rings. The molecule has 0 unspecified atom stereocenters. The molecule has 1 aliphatic heterocycles. The van der Waals surface area contributed by atoms with E-state index in [0.717, 1.165) is 24.0 Å².